The Bertz CT molecular complexity index is 831. The van der Waals surface area contributed by atoms with E-state index in [0.29, 0.717) is 23.4 Å². The van der Waals surface area contributed by atoms with Gasteiger partial charge in [0.15, 0.2) is 0 Å². The normalized spacial score (nSPS) is 10.4. The van der Waals surface area contributed by atoms with Crippen molar-refractivity contribution in [3.8, 4) is 0 Å². The summed E-state index contributed by atoms with van der Waals surface area (Å²) in [6, 6.07) is 14.5. The number of nitrogens with one attached hydrogen (secondary N) is 2. The van der Waals surface area contributed by atoms with Gasteiger partial charge in [0.25, 0.3) is 11.8 Å². The number of benzene rings is 2. The SMILES string of the molecule is CBr.CC.CCC(C)=C(C(=O)NCc1ccc(C(=O)NC)cc1)c1ccccc1N. The van der Waals surface area contributed by atoms with Crippen molar-refractivity contribution in [2.45, 2.75) is 40.7 Å². The fourth-order valence-corrected chi connectivity index (χ4v) is 2.64. The van der Waals surface area contributed by atoms with Crippen LogP contribution in [0.25, 0.3) is 5.57 Å². The largest absolute Gasteiger partial charge is 0.398 e. The molecule has 30 heavy (non-hydrogen) atoms. The van der Waals surface area contributed by atoms with Crippen LogP contribution < -0.4 is 16.4 Å². The third-order valence-electron chi connectivity index (χ3n) is 4.31. The minimum atomic E-state index is -0.155. The Morgan fingerprint density at radius 3 is 2.07 bits per heavy atom. The first-order chi connectivity index (χ1) is 14.5. The van der Waals surface area contributed by atoms with Gasteiger partial charge in [-0.05, 0) is 42.9 Å². The smallest absolute Gasteiger partial charge is 0.252 e. The molecule has 0 unspecified atom stereocenters. The van der Waals surface area contributed by atoms with E-state index < -0.39 is 0 Å². The van der Waals surface area contributed by atoms with Crippen LogP contribution in [0.15, 0.2) is 54.1 Å². The van der Waals surface area contributed by atoms with Crippen molar-refractivity contribution >= 4 is 39.0 Å². The molecule has 0 fully saturated rings. The maximum absolute atomic E-state index is 12.8. The van der Waals surface area contributed by atoms with Crippen molar-refractivity contribution in [1.82, 2.24) is 10.6 Å². The van der Waals surface area contributed by atoms with Crippen LogP contribution in [0.2, 0.25) is 0 Å². The van der Waals surface area contributed by atoms with E-state index in [1.807, 2.05) is 63.9 Å². The second-order valence-corrected chi connectivity index (χ2v) is 6.05. The summed E-state index contributed by atoms with van der Waals surface area (Å²) in [7, 11) is 1.59. The van der Waals surface area contributed by atoms with Crippen molar-refractivity contribution in [3.05, 3.63) is 70.8 Å². The van der Waals surface area contributed by atoms with Crippen molar-refractivity contribution in [2.75, 3.05) is 18.6 Å². The molecule has 164 valence electrons. The van der Waals surface area contributed by atoms with Crippen LogP contribution in [0.1, 0.15) is 55.6 Å². The molecular weight excluding hydrogens is 442 g/mol. The summed E-state index contributed by atoms with van der Waals surface area (Å²) in [6.07, 6.45) is 0.762. The summed E-state index contributed by atoms with van der Waals surface area (Å²) >= 11 is 2.94. The van der Waals surface area contributed by atoms with Gasteiger partial charge in [-0.15, -0.1) is 0 Å². The minimum absolute atomic E-state index is 0.135. The van der Waals surface area contributed by atoms with E-state index in [0.717, 1.165) is 23.1 Å². The minimum Gasteiger partial charge on any atom is -0.398 e. The van der Waals surface area contributed by atoms with E-state index in [1.165, 1.54) is 0 Å². The van der Waals surface area contributed by atoms with Crippen molar-refractivity contribution < 1.29 is 9.59 Å². The van der Waals surface area contributed by atoms with Crippen LogP contribution in [0.4, 0.5) is 5.69 Å². The molecule has 0 saturated heterocycles. The fourth-order valence-electron chi connectivity index (χ4n) is 2.64. The molecule has 2 amide bonds. The Morgan fingerprint density at radius 2 is 1.57 bits per heavy atom. The number of carbonyl (C=O) groups excluding carboxylic acids is 2. The van der Waals surface area contributed by atoms with E-state index >= 15 is 0 Å². The zero-order chi connectivity index (χ0) is 23.1. The first kappa shape index (κ1) is 27.4. The van der Waals surface area contributed by atoms with Gasteiger partial charge in [-0.25, -0.2) is 0 Å². The van der Waals surface area contributed by atoms with E-state index in [2.05, 4.69) is 26.6 Å². The van der Waals surface area contributed by atoms with Gasteiger partial charge in [0.05, 0.1) is 0 Å². The van der Waals surface area contributed by atoms with Gasteiger partial charge >= 0.3 is 0 Å². The molecule has 0 radical (unpaired) electrons. The standard InChI is InChI=1S/C21H25N3O2.C2H6.CH3Br/c1-4-14(2)19(17-7-5-6-8-18(17)22)21(26)24-13-15-9-11-16(12-10-15)20(25)23-3;2*1-2/h5-12H,4,13,22H2,1-3H3,(H,23,25)(H,24,26);1-2H3;1H3. The lowest BCUT2D eigenvalue weighted by molar-refractivity contribution is -0.115. The number of amides is 2. The van der Waals surface area contributed by atoms with Crippen LogP contribution >= 0.6 is 15.9 Å². The Kier molecular flexibility index (Phi) is 13.9. The number of carbonyl (C=O) groups is 2. The Labute approximate surface area is 189 Å². The van der Waals surface area contributed by atoms with Crippen LogP contribution in [-0.2, 0) is 11.3 Å². The molecular formula is C24H34BrN3O2. The topological polar surface area (TPSA) is 84.2 Å². The first-order valence-electron chi connectivity index (χ1n) is 9.99. The molecule has 2 aromatic rings. The summed E-state index contributed by atoms with van der Waals surface area (Å²) in [4.78, 5) is 24.4. The van der Waals surface area contributed by atoms with Gasteiger partial charge in [0.2, 0.25) is 0 Å². The number of hydrogen-bond acceptors (Lipinski definition) is 3. The highest BCUT2D eigenvalue weighted by molar-refractivity contribution is 9.08. The summed E-state index contributed by atoms with van der Waals surface area (Å²) in [5, 5.41) is 5.53. The molecule has 2 rings (SSSR count). The number of anilines is 1. The molecule has 0 atom stereocenters. The summed E-state index contributed by atoms with van der Waals surface area (Å²) in [6.45, 7) is 8.33. The zero-order valence-electron chi connectivity index (χ0n) is 18.8. The molecule has 2 aromatic carbocycles. The number of para-hydroxylation sites is 1. The highest BCUT2D eigenvalue weighted by atomic mass is 79.9. The van der Waals surface area contributed by atoms with Gasteiger partial charge in [0.1, 0.15) is 0 Å². The Morgan fingerprint density at radius 1 is 1.00 bits per heavy atom. The zero-order valence-corrected chi connectivity index (χ0v) is 20.4. The summed E-state index contributed by atoms with van der Waals surface area (Å²) in [5.74, 6) is 1.52. The van der Waals surface area contributed by atoms with Gasteiger partial charge in [-0.2, -0.15) is 0 Å². The first-order valence-corrected chi connectivity index (χ1v) is 11.6. The predicted octanol–water partition coefficient (Wildman–Crippen LogP) is 5.17. The van der Waals surface area contributed by atoms with E-state index in [9.17, 15) is 9.59 Å². The van der Waals surface area contributed by atoms with Crippen LogP contribution in [0, 0.1) is 0 Å². The van der Waals surface area contributed by atoms with Gasteiger partial charge in [0, 0.05) is 36.0 Å². The maximum Gasteiger partial charge on any atom is 0.252 e. The maximum atomic E-state index is 12.8. The van der Waals surface area contributed by atoms with Gasteiger partial charge in [-0.1, -0.05) is 72.6 Å². The monoisotopic (exact) mass is 475 g/mol. The molecule has 0 aromatic heterocycles. The molecule has 0 heterocycles. The molecule has 0 aliphatic carbocycles. The lowest BCUT2D eigenvalue weighted by Gasteiger charge is -2.14. The van der Waals surface area contributed by atoms with Crippen LogP contribution in [0.3, 0.4) is 0 Å². The lowest BCUT2D eigenvalue weighted by atomic mass is 9.97. The van der Waals surface area contributed by atoms with Gasteiger partial charge < -0.3 is 16.4 Å². The van der Waals surface area contributed by atoms with Crippen LogP contribution in [0.5, 0.6) is 0 Å². The quantitative estimate of drug-likeness (QED) is 0.306. The Balaban J connectivity index is 0.00000198. The molecule has 0 saturated carbocycles. The molecule has 0 aliphatic heterocycles. The summed E-state index contributed by atoms with van der Waals surface area (Å²) in [5.41, 5.74) is 10.5. The predicted molar refractivity (Wildman–Crippen MR) is 132 cm³/mol. The van der Waals surface area contributed by atoms with Crippen molar-refractivity contribution in [3.63, 3.8) is 0 Å². The van der Waals surface area contributed by atoms with E-state index in [1.54, 1.807) is 25.2 Å². The highest BCUT2D eigenvalue weighted by Crippen LogP contribution is 2.26. The average Bonchev–Trinajstić information content (AvgIpc) is 2.81. The van der Waals surface area contributed by atoms with Crippen molar-refractivity contribution in [2.24, 2.45) is 0 Å². The van der Waals surface area contributed by atoms with Crippen LogP contribution in [-0.4, -0.2) is 24.7 Å². The van der Waals surface area contributed by atoms with E-state index in [4.69, 9.17) is 5.73 Å². The van der Waals surface area contributed by atoms with Crippen molar-refractivity contribution in [1.29, 1.82) is 0 Å². The number of nitrogens with two attached hydrogens (primary N) is 1. The second-order valence-electron chi connectivity index (χ2n) is 6.05. The Hall–Kier alpha value is -2.60. The third-order valence-corrected chi connectivity index (χ3v) is 4.31. The number of nitrogen functional groups attached to an aromatic ring is 1. The lowest BCUT2D eigenvalue weighted by Crippen LogP contribution is -2.25. The number of rotatable bonds is 6. The average molecular weight is 476 g/mol. The van der Waals surface area contributed by atoms with E-state index in [-0.39, 0.29) is 11.8 Å². The molecule has 0 spiro atoms. The fraction of sp³-hybridized carbons (Fsp3) is 0.333. The molecule has 4 N–H and O–H groups in total. The third kappa shape index (κ3) is 8.03. The molecule has 6 heteroatoms. The molecule has 0 aliphatic rings. The summed E-state index contributed by atoms with van der Waals surface area (Å²) < 4.78 is 0. The second kappa shape index (κ2) is 15.3. The highest BCUT2D eigenvalue weighted by Gasteiger charge is 2.16. The van der Waals surface area contributed by atoms with Gasteiger partial charge in [-0.3, -0.25) is 9.59 Å². The number of hydrogen-bond donors (Lipinski definition) is 3. The number of alkyl halides is 1. The molecule has 5 nitrogen and oxygen atoms in total. The number of allylic oxidation sites excluding steroid dienone is 1. The molecule has 0 bridgehead atoms. The number of halogens is 1.